The quantitative estimate of drug-likeness (QED) is 0.545. The smallest absolute Gasteiger partial charge is 0.256 e. The Balaban J connectivity index is 1.75. The summed E-state index contributed by atoms with van der Waals surface area (Å²) in [5.74, 6) is 1.97. The largest absolute Gasteiger partial charge is 0.497 e. The molecule has 0 aliphatic carbocycles. The van der Waals surface area contributed by atoms with E-state index >= 15 is 0 Å². The summed E-state index contributed by atoms with van der Waals surface area (Å²) in [4.78, 5) is 18.9. The topological polar surface area (TPSA) is 70.1 Å². The number of benzene rings is 2. The molecule has 8 heteroatoms. The van der Waals surface area contributed by atoms with Crippen molar-refractivity contribution in [2.24, 2.45) is 0 Å². The summed E-state index contributed by atoms with van der Waals surface area (Å²) in [6.07, 6.45) is 1.25. The molecular formula is C22H20N2O5S. The zero-order chi connectivity index (χ0) is 21.1. The molecule has 2 aromatic carbocycles. The van der Waals surface area contributed by atoms with Crippen LogP contribution < -0.4 is 23.8 Å². The molecule has 7 nitrogen and oxygen atoms in total. The molecule has 0 spiro atoms. The Kier molecular flexibility index (Phi) is 5.58. The predicted octanol–water partition coefficient (Wildman–Crippen LogP) is 4.45. The maximum atomic E-state index is 12.8. The van der Waals surface area contributed by atoms with Crippen LogP contribution >= 0.6 is 11.3 Å². The van der Waals surface area contributed by atoms with Gasteiger partial charge in [-0.05, 0) is 30.3 Å². The van der Waals surface area contributed by atoms with Crippen molar-refractivity contribution in [1.29, 1.82) is 0 Å². The molecule has 0 fully saturated rings. The second-order valence-corrected chi connectivity index (χ2v) is 7.13. The Labute approximate surface area is 178 Å². The van der Waals surface area contributed by atoms with E-state index in [4.69, 9.17) is 18.9 Å². The second kappa shape index (κ2) is 8.46. The minimum absolute atomic E-state index is 0.315. The van der Waals surface area contributed by atoms with Gasteiger partial charge in [0.05, 0.1) is 25.6 Å². The predicted molar refractivity (Wildman–Crippen MR) is 115 cm³/mol. The van der Waals surface area contributed by atoms with Crippen molar-refractivity contribution in [1.82, 2.24) is 4.98 Å². The normalized spacial score (nSPS) is 12.2. The highest BCUT2D eigenvalue weighted by Crippen LogP contribution is 2.45. The first kappa shape index (κ1) is 19.8. The van der Waals surface area contributed by atoms with Gasteiger partial charge in [0.1, 0.15) is 19.0 Å². The van der Waals surface area contributed by atoms with Crippen LogP contribution in [-0.4, -0.2) is 38.3 Å². The SMILES string of the molecule is C=CC(=O)N(c1cc(OC)c2c(c1)OCCO2)c1nc(-c2ccc(OC)cc2)cs1. The fourth-order valence-electron chi connectivity index (χ4n) is 3.07. The maximum absolute atomic E-state index is 12.8. The summed E-state index contributed by atoms with van der Waals surface area (Å²) in [6, 6.07) is 11.0. The number of aromatic nitrogens is 1. The Morgan fingerprint density at radius 1 is 1.17 bits per heavy atom. The molecule has 0 saturated heterocycles. The Bertz CT molecular complexity index is 1060. The highest BCUT2D eigenvalue weighted by molar-refractivity contribution is 7.14. The van der Waals surface area contributed by atoms with Crippen LogP contribution in [0, 0.1) is 0 Å². The molecule has 0 bridgehead atoms. The lowest BCUT2D eigenvalue weighted by Gasteiger charge is -2.24. The van der Waals surface area contributed by atoms with Crippen LogP contribution in [0.3, 0.4) is 0 Å². The maximum Gasteiger partial charge on any atom is 0.256 e. The van der Waals surface area contributed by atoms with Crippen LogP contribution in [-0.2, 0) is 4.79 Å². The zero-order valence-corrected chi connectivity index (χ0v) is 17.4. The van der Waals surface area contributed by atoms with Crippen molar-refractivity contribution in [2.75, 3.05) is 32.3 Å². The number of hydrogen-bond donors (Lipinski definition) is 0. The van der Waals surface area contributed by atoms with Gasteiger partial charge in [-0.2, -0.15) is 0 Å². The standard InChI is InChI=1S/C22H20N2O5S/c1-4-20(25)24(15-11-18(27-3)21-19(12-15)28-9-10-29-21)22-23-17(13-30-22)14-5-7-16(26-2)8-6-14/h4-8,11-13H,1,9-10H2,2-3H3. The zero-order valence-electron chi connectivity index (χ0n) is 16.6. The summed E-state index contributed by atoms with van der Waals surface area (Å²) in [7, 11) is 3.17. The van der Waals surface area contributed by atoms with E-state index < -0.39 is 0 Å². The number of carbonyl (C=O) groups is 1. The third kappa shape index (κ3) is 3.69. The lowest BCUT2D eigenvalue weighted by molar-refractivity contribution is -0.113. The van der Waals surface area contributed by atoms with Gasteiger partial charge in [0.25, 0.3) is 5.91 Å². The molecule has 0 N–H and O–H groups in total. The summed E-state index contributed by atoms with van der Waals surface area (Å²) >= 11 is 1.35. The molecule has 0 atom stereocenters. The van der Waals surface area contributed by atoms with Crippen LogP contribution in [0.15, 0.2) is 54.4 Å². The van der Waals surface area contributed by atoms with E-state index in [9.17, 15) is 4.79 Å². The number of ether oxygens (including phenoxy) is 4. The van der Waals surface area contributed by atoms with E-state index in [1.54, 1.807) is 26.4 Å². The molecule has 154 valence electrons. The van der Waals surface area contributed by atoms with Gasteiger partial charge in [0.2, 0.25) is 5.75 Å². The monoisotopic (exact) mass is 424 g/mol. The van der Waals surface area contributed by atoms with Crippen molar-refractivity contribution >= 4 is 28.1 Å². The number of rotatable bonds is 6. The number of methoxy groups -OCH3 is 2. The van der Waals surface area contributed by atoms with Crippen molar-refractivity contribution in [2.45, 2.75) is 0 Å². The van der Waals surface area contributed by atoms with Gasteiger partial charge in [-0.15, -0.1) is 11.3 Å². The number of carbonyl (C=O) groups excluding carboxylic acids is 1. The van der Waals surface area contributed by atoms with Crippen LogP contribution in [0.2, 0.25) is 0 Å². The first-order valence-electron chi connectivity index (χ1n) is 9.18. The first-order chi connectivity index (χ1) is 14.6. The Morgan fingerprint density at radius 3 is 2.63 bits per heavy atom. The van der Waals surface area contributed by atoms with Crippen LogP contribution in [0.1, 0.15) is 0 Å². The average Bonchev–Trinajstić information content (AvgIpc) is 3.28. The average molecular weight is 424 g/mol. The Hall–Kier alpha value is -3.52. The van der Waals surface area contributed by atoms with Crippen molar-refractivity contribution < 1.29 is 23.7 Å². The van der Waals surface area contributed by atoms with E-state index in [1.165, 1.54) is 22.3 Å². The molecule has 4 rings (SSSR count). The van der Waals surface area contributed by atoms with E-state index in [-0.39, 0.29) is 5.91 Å². The molecule has 0 radical (unpaired) electrons. The Morgan fingerprint density at radius 2 is 1.93 bits per heavy atom. The molecule has 1 aromatic heterocycles. The van der Waals surface area contributed by atoms with Gasteiger partial charge in [0.15, 0.2) is 16.6 Å². The number of fused-ring (bicyclic) bond motifs is 1. The molecule has 30 heavy (non-hydrogen) atoms. The fraction of sp³-hybridized carbons (Fsp3) is 0.182. The molecule has 0 unspecified atom stereocenters. The van der Waals surface area contributed by atoms with Gasteiger partial charge in [-0.1, -0.05) is 6.58 Å². The fourth-order valence-corrected chi connectivity index (χ4v) is 3.93. The summed E-state index contributed by atoms with van der Waals surface area (Å²) in [5.41, 5.74) is 2.23. The molecular weight excluding hydrogens is 404 g/mol. The van der Waals surface area contributed by atoms with Crippen molar-refractivity contribution in [3.05, 3.63) is 54.4 Å². The molecule has 1 amide bonds. The van der Waals surface area contributed by atoms with Gasteiger partial charge >= 0.3 is 0 Å². The second-order valence-electron chi connectivity index (χ2n) is 6.29. The molecule has 1 aliphatic rings. The third-order valence-corrected chi connectivity index (χ3v) is 5.36. The highest BCUT2D eigenvalue weighted by Gasteiger charge is 2.25. The van der Waals surface area contributed by atoms with Gasteiger partial charge < -0.3 is 18.9 Å². The molecule has 2 heterocycles. The van der Waals surface area contributed by atoms with Crippen LogP contribution in [0.5, 0.6) is 23.0 Å². The summed E-state index contributed by atoms with van der Waals surface area (Å²) in [5, 5.41) is 2.40. The number of amides is 1. The summed E-state index contributed by atoms with van der Waals surface area (Å²) in [6.45, 7) is 4.50. The minimum Gasteiger partial charge on any atom is -0.497 e. The molecule has 0 saturated carbocycles. The van der Waals surface area contributed by atoms with Crippen LogP contribution in [0.25, 0.3) is 11.3 Å². The van der Waals surface area contributed by atoms with E-state index in [1.807, 2.05) is 29.6 Å². The first-order valence-corrected chi connectivity index (χ1v) is 10.1. The molecule has 1 aliphatic heterocycles. The number of nitrogens with zero attached hydrogens (tertiary/aromatic N) is 2. The lowest BCUT2D eigenvalue weighted by atomic mass is 10.2. The third-order valence-electron chi connectivity index (χ3n) is 4.54. The molecule has 3 aromatic rings. The number of thiazole rings is 1. The van der Waals surface area contributed by atoms with Gasteiger partial charge in [0, 0.05) is 23.1 Å². The van der Waals surface area contributed by atoms with Crippen LogP contribution in [0.4, 0.5) is 10.8 Å². The van der Waals surface area contributed by atoms with E-state index in [2.05, 4.69) is 11.6 Å². The number of hydrogen-bond acceptors (Lipinski definition) is 7. The minimum atomic E-state index is -0.315. The summed E-state index contributed by atoms with van der Waals surface area (Å²) < 4.78 is 22.0. The highest BCUT2D eigenvalue weighted by atomic mass is 32.1. The lowest BCUT2D eigenvalue weighted by Crippen LogP contribution is -2.24. The van der Waals surface area contributed by atoms with E-state index in [0.717, 1.165) is 17.0 Å². The van der Waals surface area contributed by atoms with E-state index in [0.29, 0.717) is 41.3 Å². The van der Waals surface area contributed by atoms with Gasteiger partial charge in [-0.25, -0.2) is 4.98 Å². The van der Waals surface area contributed by atoms with Crippen molar-refractivity contribution in [3.63, 3.8) is 0 Å². The van der Waals surface area contributed by atoms with Crippen molar-refractivity contribution in [3.8, 4) is 34.3 Å². The van der Waals surface area contributed by atoms with Gasteiger partial charge in [-0.3, -0.25) is 9.69 Å². The number of anilines is 2.